The Balaban J connectivity index is 2.40. The summed E-state index contributed by atoms with van der Waals surface area (Å²) in [5, 5.41) is 3.33. The van der Waals surface area contributed by atoms with Gasteiger partial charge in [0, 0.05) is 6.20 Å². The highest BCUT2D eigenvalue weighted by molar-refractivity contribution is 6.30. The van der Waals surface area contributed by atoms with Crippen molar-refractivity contribution in [3.05, 3.63) is 17.3 Å². The molecule has 0 fully saturated rings. The standard InChI is InChI=1S/C8H11ClN4O2/c9-5-3-6(10)7(13-4-5)12-1-2-15-8(11)14/h3-4H,1-2,10H2,(H2,11,14)(H,12,13). The van der Waals surface area contributed by atoms with Crippen molar-refractivity contribution >= 4 is 29.2 Å². The molecule has 0 spiro atoms. The van der Waals surface area contributed by atoms with Gasteiger partial charge in [0.2, 0.25) is 0 Å². The number of nitrogen functional groups attached to an aromatic ring is 1. The summed E-state index contributed by atoms with van der Waals surface area (Å²) in [6, 6.07) is 1.58. The van der Waals surface area contributed by atoms with Gasteiger partial charge < -0.3 is 21.5 Å². The number of nitrogens with two attached hydrogens (primary N) is 2. The van der Waals surface area contributed by atoms with Crippen molar-refractivity contribution in [2.24, 2.45) is 5.73 Å². The number of amides is 1. The predicted octanol–water partition coefficient (Wildman–Crippen LogP) is 0.824. The zero-order chi connectivity index (χ0) is 11.3. The van der Waals surface area contributed by atoms with Crippen LogP contribution in [0.1, 0.15) is 0 Å². The summed E-state index contributed by atoms with van der Waals surface area (Å²) in [6.45, 7) is 0.529. The summed E-state index contributed by atoms with van der Waals surface area (Å²) in [4.78, 5) is 14.2. The fourth-order valence-electron chi connectivity index (χ4n) is 0.924. The van der Waals surface area contributed by atoms with Crippen LogP contribution >= 0.6 is 11.6 Å². The van der Waals surface area contributed by atoms with Crippen molar-refractivity contribution in [1.82, 2.24) is 4.98 Å². The molecule has 0 saturated heterocycles. The molecule has 5 N–H and O–H groups in total. The van der Waals surface area contributed by atoms with E-state index in [0.29, 0.717) is 23.1 Å². The highest BCUT2D eigenvalue weighted by Gasteiger charge is 2.01. The molecule has 1 aromatic rings. The van der Waals surface area contributed by atoms with Gasteiger partial charge in [0.15, 0.2) is 0 Å². The molecule has 15 heavy (non-hydrogen) atoms. The number of anilines is 2. The Morgan fingerprint density at radius 3 is 3.00 bits per heavy atom. The first-order chi connectivity index (χ1) is 7.09. The summed E-state index contributed by atoms with van der Waals surface area (Å²) >= 11 is 5.66. The third-order valence-electron chi connectivity index (χ3n) is 1.52. The van der Waals surface area contributed by atoms with Crippen LogP contribution in [0.2, 0.25) is 5.02 Å². The van der Waals surface area contributed by atoms with E-state index >= 15 is 0 Å². The van der Waals surface area contributed by atoms with E-state index < -0.39 is 6.09 Å². The molecule has 0 aliphatic carbocycles. The number of hydrogen-bond acceptors (Lipinski definition) is 5. The largest absolute Gasteiger partial charge is 0.448 e. The Morgan fingerprint density at radius 2 is 2.40 bits per heavy atom. The molecule has 0 radical (unpaired) electrons. The van der Waals surface area contributed by atoms with Gasteiger partial charge in [0.25, 0.3) is 0 Å². The molecule has 0 atom stereocenters. The quantitative estimate of drug-likeness (QED) is 0.665. The zero-order valence-corrected chi connectivity index (χ0v) is 8.62. The molecule has 0 aliphatic heterocycles. The average molecular weight is 231 g/mol. The van der Waals surface area contributed by atoms with E-state index in [0.717, 1.165) is 0 Å². The number of halogens is 1. The van der Waals surface area contributed by atoms with Crippen molar-refractivity contribution in [3.8, 4) is 0 Å². The summed E-state index contributed by atoms with van der Waals surface area (Å²) < 4.78 is 4.51. The number of primary amides is 1. The maximum Gasteiger partial charge on any atom is 0.404 e. The molecule has 0 bridgehead atoms. The molecule has 0 unspecified atom stereocenters. The minimum atomic E-state index is -0.811. The molecule has 1 amide bonds. The minimum absolute atomic E-state index is 0.152. The van der Waals surface area contributed by atoms with Crippen molar-refractivity contribution in [1.29, 1.82) is 0 Å². The third-order valence-corrected chi connectivity index (χ3v) is 1.73. The van der Waals surface area contributed by atoms with Gasteiger partial charge in [-0.25, -0.2) is 9.78 Å². The van der Waals surface area contributed by atoms with E-state index in [1.807, 2.05) is 0 Å². The van der Waals surface area contributed by atoms with Gasteiger partial charge in [-0.05, 0) is 6.07 Å². The van der Waals surface area contributed by atoms with Gasteiger partial charge in [-0.3, -0.25) is 0 Å². The highest BCUT2D eigenvalue weighted by atomic mass is 35.5. The van der Waals surface area contributed by atoms with Crippen molar-refractivity contribution in [2.45, 2.75) is 0 Å². The van der Waals surface area contributed by atoms with Gasteiger partial charge in [0.1, 0.15) is 12.4 Å². The van der Waals surface area contributed by atoms with Crippen LogP contribution < -0.4 is 16.8 Å². The first-order valence-electron chi connectivity index (χ1n) is 4.16. The van der Waals surface area contributed by atoms with E-state index in [4.69, 9.17) is 23.1 Å². The van der Waals surface area contributed by atoms with Crippen LogP contribution in [0.3, 0.4) is 0 Å². The van der Waals surface area contributed by atoms with Gasteiger partial charge >= 0.3 is 6.09 Å². The van der Waals surface area contributed by atoms with Crippen LogP contribution in [-0.2, 0) is 4.74 Å². The van der Waals surface area contributed by atoms with Crippen molar-refractivity contribution in [3.63, 3.8) is 0 Å². The smallest absolute Gasteiger partial charge is 0.404 e. The number of nitrogens with one attached hydrogen (secondary N) is 1. The van der Waals surface area contributed by atoms with Crippen LogP contribution in [0.15, 0.2) is 12.3 Å². The molecule has 1 rings (SSSR count). The number of nitrogens with zero attached hydrogens (tertiary/aromatic N) is 1. The maximum absolute atomic E-state index is 10.2. The summed E-state index contributed by atoms with van der Waals surface area (Å²) in [7, 11) is 0. The second-order valence-corrected chi connectivity index (χ2v) is 3.12. The molecule has 0 saturated carbocycles. The molecule has 1 aromatic heterocycles. The third kappa shape index (κ3) is 3.90. The molecular formula is C8H11ClN4O2. The summed E-state index contributed by atoms with van der Waals surface area (Å²) in [6.07, 6.45) is 0.656. The number of hydrogen-bond donors (Lipinski definition) is 3. The van der Waals surface area contributed by atoms with Crippen LogP contribution in [0.4, 0.5) is 16.3 Å². The zero-order valence-electron chi connectivity index (χ0n) is 7.87. The Labute approximate surface area is 91.6 Å². The number of pyridine rings is 1. The molecular weight excluding hydrogens is 220 g/mol. The van der Waals surface area contributed by atoms with Crippen LogP contribution in [0, 0.1) is 0 Å². The average Bonchev–Trinajstić information content (AvgIpc) is 2.14. The molecule has 0 aromatic carbocycles. The van der Waals surface area contributed by atoms with Gasteiger partial charge in [-0.15, -0.1) is 0 Å². The fourth-order valence-corrected chi connectivity index (χ4v) is 1.09. The summed E-state index contributed by atoms with van der Waals surface area (Å²) in [5.41, 5.74) is 10.8. The van der Waals surface area contributed by atoms with Gasteiger partial charge in [0.05, 0.1) is 17.3 Å². The monoisotopic (exact) mass is 230 g/mol. The number of carbonyl (C=O) groups is 1. The molecule has 6 nitrogen and oxygen atoms in total. The Hall–Kier alpha value is -1.69. The van der Waals surface area contributed by atoms with E-state index in [2.05, 4.69) is 15.0 Å². The summed E-state index contributed by atoms with van der Waals surface area (Å²) in [5.74, 6) is 0.493. The van der Waals surface area contributed by atoms with E-state index in [1.54, 1.807) is 6.07 Å². The number of ether oxygens (including phenoxy) is 1. The van der Waals surface area contributed by atoms with Gasteiger partial charge in [-0.1, -0.05) is 11.6 Å². The van der Waals surface area contributed by atoms with E-state index in [-0.39, 0.29) is 6.61 Å². The SMILES string of the molecule is NC(=O)OCCNc1ncc(Cl)cc1N. The lowest BCUT2D eigenvalue weighted by molar-refractivity contribution is 0.161. The maximum atomic E-state index is 10.2. The second-order valence-electron chi connectivity index (χ2n) is 2.69. The van der Waals surface area contributed by atoms with Gasteiger partial charge in [-0.2, -0.15) is 0 Å². The Kier molecular flexibility index (Phi) is 3.99. The minimum Gasteiger partial charge on any atom is -0.448 e. The predicted molar refractivity (Wildman–Crippen MR) is 57.7 cm³/mol. The molecule has 0 aliphatic rings. The molecule has 7 heteroatoms. The lowest BCUT2D eigenvalue weighted by atomic mass is 10.4. The second kappa shape index (κ2) is 5.26. The van der Waals surface area contributed by atoms with Crippen molar-refractivity contribution in [2.75, 3.05) is 24.2 Å². The van der Waals surface area contributed by atoms with Crippen LogP contribution in [0.5, 0.6) is 0 Å². The first-order valence-corrected chi connectivity index (χ1v) is 4.54. The fraction of sp³-hybridized carbons (Fsp3) is 0.250. The van der Waals surface area contributed by atoms with Crippen molar-refractivity contribution < 1.29 is 9.53 Å². The van der Waals surface area contributed by atoms with E-state index in [9.17, 15) is 4.79 Å². The number of carbonyl (C=O) groups excluding carboxylic acids is 1. The molecule has 1 heterocycles. The highest BCUT2D eigenvalue weighted by Crippen LogP contribution is 2.18. The van der Waals surface area contributed by atoms with Crippen LogP contribution in [0.25, 0.3) is 0 Å². The topological polar surface area (TPSA) is 103 Å². The Bertz CT molecular complexity index is 358. The number of rotatable bonds is 4. The van der Waals surface area contributed by atoms with E-state index in [1.165, 1.54) is 6.20 Å². The first kappa shape index (κ1) is 11.4. The molecule has 82 valence electrons. The number of aromatic nitrogens is 1. The Morgan fingerprint density at radius 1 is 1.67 bits per heavy atom. The normalized spacial score (nSPS) is 9.67. The van der Waals surface area contributed by atoms with Crippen LogP contribution in [-0.4, -0.2) is 24.2 Å². The lowest BCUT2D eigenvalue weighted by Gasteiger charge is -2.07. The lowest BCUT2D eigenvalue weighted by Crippen LogP contribution is -2.19.